The normalized spacial score (nSPS) is 11.1. The Morgan fingerprint density at radius 1 is 1.56 bits per heavy atom. The highest BCUT2D eigenvalue weighted by atomic mass is 79.9. The molecule has 2 heterocycles. The zero-order valence-corrected chi connectivity index (χ0v) is 13.2. The maximum Gasteiger partial charge on any atom is 0.347 e. The van der Waals surface area contributed by atoms with Gasteiger partial charge in [0.1, 0.15) is 9.88 Å². The maximum atomic E-state index is 11.2. The van der Waals surface area contributed by atoms with Crippen LogP contribution in [0.4, 0.5) is 0 Å². The van der Waals surface area contributed by atoms with Crippen LogP contribution in [0.15, 0.2) is 15.9 Å². The smallest absolute Gasteiger partial charge is 0.347 e. The first-order valence-electron chi connectivity index (χ1n) is 5.45. The van der Waals surface area contributed by atoms with Crippen molar-refractivity contribution in [3.63, 3.8) is 0 Å². The van der Waals surface area contributed by atoms with Crippen molar-refractivity contribution in [1.82, 2.24) is 4.98 Å². The summed E-state index contributed by atoms with van der Waals surface area (Å²) in [5, 5.41) is 12.0. The molecule has 3 nitrogen and oxygen atoms in total. The lowest BCUT2D eigenvalue weighted by atomic mass is 10.1. The second kappa shape index (κ2) is 5.50. The van der Waals surface area contributed by atoms with Gasteiger partial charge in [-0.2, -0.15) is 0 Å². The number of thiophene rings is 1. The third-order valence-corrected chi connectivity index (χ3v) is 5.38. The van der Waals surface area contributed by atoms with Crippen molar-refractivity contribution in [2.75, 3.05) is 0 Å². The fourth-order valence-corrected chi connectivity index (χ4v) is 4.32. The average Bonchev–Trinajstić information content (AvgIpc) is 2.83. The van der Waals surface area contributed by atoms with E-state index in [0.29, 0.717) is 22.9 Å². The molecule has 0 unspecified atom stereocenters. The summed E-state index contributed by atoms with van der Waals surface area (Å²) in [6.07, 6.45) is 0.696. The average molecular weight is 346 g/mol. The molecular formula is C12H12BrNO2S2. The number of rotatable bonds is 4. The van der Waals surface area contributed by atoms with Crippen LogP contribution in [0.3, 0.4) is 0 Å². The number of aromatic carboxylic acids is 1. The number of carbonyl (C=O) groups is 1. The van der Waals surface area contributed by atoms with Gasteiger partial charge in [0, 0.05) is 4.47 Å². The van der Waals surface area contributed by atoms with Gasteiger partial charge in [-0.05, 0) is 39.7 Å². The molecule has 0 bridgehead atoms. The lowest BCUT2D eigenvalue weighted by Crippen LogP contribution is -2.02. The molecular weight excluding hydrogens is 334 g/mol. The van der Waals surface area contributed by atoms with Gasteiger partial charge in [0.25, 0.3) is 0 Å². The zero-order chi connectivity index (χ0) is 13.3. The van der Waals surface area contributed by atoms with Crippen LogP contribution < -0.4 is 0 Å². The third-order valence-electron chi connectivity index (χ3n) is 2.30. The summed E-state index contributed by atoms with van der Waals surface area (Å²) in [5.41, 5.74) is 0.692. The first-order valence-corrected chi connectivity index (χ1v) is 7.94. The summed E-state index contributed by atoms with van der Waals surface area (Å²) < 4.78 is 0.967. The second-order valence-electron chi connectivity index (χ2n) is 4.30. The second-order valence-corrected chi connectivity index (χ2v) is 7.07. The number of halogens is 1. The Hall–Kier alpha value is -0.720. The van der Waals surface area contributed by atoms with Gasteiger partial charge in [-0.3, -0.25) is 0 Å². The van der Waals surface area contributed by atoms with E-state index in [-0.39, 0.29) is 0 Å². The van der Waals surface area contributed by atoms with Crippen LogP contribution in [0.2, 0.25) is 0 Å². The highest BCUT2D eigenvalue weighted by Gasteiger charge is 2.20. The molecule has 0 fully saturated rings. The Labute approximate surface area is 122 Å². The number of hydrogen-bond acceptors (Lipinski definition) is 4. The lowest BCUT2D eigenvalue weighted by Gasteiger charge is -2.01. The van der Waals surface area contributed by atoms with Gasteiger partial charge in [-0.25, -0.2) is 9.78 Å². The summed E-state index contributed by atoms with van der Waals surface area (Å²) in [6.45, 7) is 4.12. The van der Waals surface area contributed by atoms with E-state index in [0.717, 1.165) is 14.4 Å². The molecule has 2 aromatic heterocycles. The Morgan fingerprint density at radius 2 is 2.28 bits per heavy atom. The van der Waals surface area contributed by atoms with Gasteiger partial charge in [0.05, 0.1) is 10.6 Å². The summed E-state index contributed by atoms with van der Waals surface area (Å²) in [5.74, 6) is -0.494. The van der Waals surface area contributed by atoms with Crippen LogP contribution in [-0.2, 0) is 6.42 Å². The number of thiazole rings is 1. The van der Waals surface area contributed by atoms with Crippen molar-refractivity contribution in [2.45, 2.75) is 20.3 Å². The molecule has 0 saturated carbocycles. The van der Waals surface area contributed by atoms with Crippen molar-refractivity contribution in [1.29, 1.82) is 0 Å². The van der Waals surface area contributed by atoms with Gasteiger partial charge in [-0.15, -0.1) is 22.7 Å². The summed E-state index contributed by atoms with van der Waals surface area (Å²) >= 11 is 6.27. The molecule has 0 spiro atoms. The molecule has 96 valence electrons. The van der Waals surface area contributed by atoms with Crippen molar-refractivity contribution < 1.29 is 9.90 Å². The molecule has 0 atom stereocenters. The van der Waals surface area contributed by atoms with Crippen LogP contribution in [0.1, 0.15) is 29.2 Å². The molecule has 0 aromatic carbocycles. The highest BCUT2D eigenvalue weighted by molar-refractivity contribution is 9.10. The van der Waals surface area contributed by atoms with Gasteiger partial charge in [0.2, 0.25) is 0 Å². The van der Waals surface area contributed by atoms with Gasteiger partial charge in [-0.1, -0.05) is 13.8 Å². The Kier molecular flexibility index (Phi) is 4.19. The van der Waals surface area contributed by atoms with Crippen LogP contribution in [0.5, 0.6) is 0 Å². The first kappa shape index (κ1) is 13.7. The number of aromatic nitrogens is 1. The lowest BCUT2D eigenvalue weighted by molar-refractivity contribution is 0.0700. The molecule has 0 amide bonds. The number of carboxylic acids is 1. The minimum absolute atomic E-state index is 0.360. The monoisotopic (exact) mass is 345 g/mol. The summed E-state index contributed by atoms with van der Waals surface area (Å²) in [4.78, 5) is 17.1. The van der Waals surface area contributed by atoms with Crippen LogP contribution in [-0.4, -0.2) is 16.1 Å². The number of hydrogen-bond donors (Lipinski definition) is 1. The van der Waals surface area contributed by atoms with E-state index in [1.807, 2.05) is 11.4 Å². The third kappa shape index (κ3) is 2.81. The van der Waals surface area contributed by atoms with Crippen molar-refractivity contribution >= 4 is 44.6 Å². The van der Waals surface area contributed by atoms with E-state index in [4.69, 9.17) is 0 Å². The first-order chi connectivity index (χ1) is 8.49. The topological polar surface area (TPSA) is 50.2 Å². The summed E-state index contributed by atoms with van der Waals surface area (Å²) in [6, 6.07) is 1.95. The molecule has 0 radical (unpaired) electrons. The van der Waals surface area contributed by atoms with E-state index in [1.165, 1.54) is 11.3 Å². The van der Waals surface area contributed by atoms with Crippen LogP contribution in [0.25, 0.3) is 9.88 Å². The fraction of sp³-hybridized carbons (Fsp3) is 0.333. The Bertz CT molecular complexity index is 574. The molecule has 1 N–H and O–H groups in total. The van der Waals surface area contributed by atoms with Crippen molar-refractivity contribution in [3.05, 3.63) is 26.5 Å². The summed E-state index contributed by atoms with van der Waals surface area (Å²) in [7, 11) is 0. The van der Waals surface area contributed by atoms with Crippen molar-refractivity contribution in [3.8, 4) is 9.88 Å². The van der Waals surface area contributed by atoms with Gasteiger partial charge < -0.3 is 5.11 Å². The predicted octanol–water partition coefficient (Wildman–Crippen LogP) is 4.53. The number of carboxylic acid groups (broad SMARTS) is 1. The molecule has 6 heteroatoms. The Balaban J connectivity index is 2.45. The molecule has 18 heavy (non-hydrogen) atoms. The molecule has 0 saturated heterocycles. The maximum absolute atomic E-state index is 11.2. The highest BCUT2D eigenvalue weighted by Crippen LogP contribution is 2.37. The van der Waals surface area contributed by atoms with Crippen molar-refractivity contribution in [2.24, 2.45) is 5.92 Å². The quantitative estimate of drug-likeness (QED) is 0.885. The Morgan fingerprint density at radius 3 is 2.78 bits per heavy atom. The molecule has 0 aliphatic rings. The molecule has 2 aromatic rings. The SMILES string of the molecule is CC(C)Cc1nc(-c2sccc2Br)sc1C(=O)O. The van der Waals surface area contributed by atoms with E-state index < -0.39 is 5.97 Å². The minimum atomic E-state index is -0.887. The van der Waals surface area contributed by atoms with Crippen LogP contribution >= 0.6 is 38.6 Å². The van der Waals surface area contributed by atoms with Gasteiger partial charge >= 0.3 is 5.97 Å². The largest absolute Gasteiger partial charge is 0.477 e. The van der Waals surface area contributed by atoms with E-state index >= 15 is 0 Å². The standard InChI is InChI=1S/C12H12BrNO2S2/c1-6(2)5-8-10(12(15)16)18-11(14-8)9-7(13)3-4-17-9/h3-4,6H,5H2,1-2H3,(H,15,16). The predicted molar refractivity (Wildman–Crippen MR) is 78.6 cm³/mol. The molecule has 0 aliphatic carbocycles. The molecule has 2 rings (SSSR count). The fourth-order valence-electron chi connectivity index (χ4n) is 1.59. The molecule has 0 aliphatic heterocycles. The zero-order valence-electron chi connectivity index (χ0n) is 9.94. The number of nitrogens with zero attached hydrogens (tertiary/aromatic N) is 1. The van der Waals surface area contributed by atoms with Crippen LogP contribution in [0, 0.1) is 5.92 Å². The van der Waals surface area contributed by atoms with E-state index in [2.05, 4.69) is 34.8 Å². The van der Waals surface area contributed by atoms with E-state index in [1.54, 1.807) is 11.3 Å². The van der Waals surface area contributed by atoms with E-state index in [9.17, 15) is 9.90 Å². The minimum Gasteiger partial charge on any atom is -0.477 e. The van der Waals surface area contributed by atoms with Gasteiger partial charge in [0.15, 0.2) is 0 Å².